The van der Waals surface area contributed by atoms with Crippen LogP contribution in [0.5, 0.6) is 0 Å². The van der Waals surface area contributed by atoms with Crippen molar-refractivity contribution in [1.82, 2.24) is 20.5 Å². The van der Waals surface area contributed by atoms with Gasteiger partial charge in [0, 0.05) is 6.42 Å². The monoisotopic (exact) mass is 363 g/mol. The van der Waals surface area contributed by atoms with Crippen LogP contribution in [0.3, 0.4) is 0 Å². The Kier molecular flexibility index (Phi) is 4.88. The fourth-order valence-corrected chi connectivity index (χ4v) is 2.42. The van der Waals surface area contributed by atoms with Crippen LogP contribution in [0.2, 0.25) is 0 Å². The quantitative estimate of drug-likeness (QED) is 0.911. The van der Waals surface area contributed by atoms with Gasteiger partial charge in [-0.25, -0.2) is 9.80 Å². The van der Waals surface area contributed by atoms with Gasteiger partial charge in [-0.1, -0.05) is 29.8 Å². The minimum Gasteiger partial charge on any atom is -0.331 e. The van der Waals surface area contributed by atoms with Crippen LogP contribution in [-0.4, -0.2) is 33.5 Å². The van der Waals surface area contributed by atoms with E-state index < -0.39 is 17.9 Å². The number of halogens is 3. The van der Waals surface area contributed by atoms with Gasteiger partial charge in [-0.15, -0.1) is 5.10 Å². The van der Waals surface area contributed by atoms with Gasteiger partial charge in [-0.05, 0) is 24.6 Å². The second kappa shape index (κ2) is 7.11. The van der Waals surface area contributed by atoms with Gasteiger partial charge in [0.2, 0.25) is 0 Å². The van der Waals surface area contributed by atoms with E-state index in [9.17, 15) is 18.0 Å². The highest BCUT2D eigenvalue weighted by Crippen LogP contribution is 2.26. The molecule has 2 heterocycles. The predicted octanol–water partition coefficient (Wildman–Crippen LogP) is 3.12. The van der Waals surface area contributed by atoms with Gasteiger partial charge >= 0.3 is 12.2 Å². The highest BCUT2D eigenvalue weighted by molar-refractivity contribution is 6.02. The number of hydrazone groups is 1. The van der Waals surface area contributed by atoms with Gasteiger partial charge < -0.3 is 5.32 Å². The van der Waals surface area contributed by atoms with Gasteiger partial charge in [-0.2, -0.15) is 23.4 Å². The minimum absolute atomic E-state index is 0.0319. The molecule has 0 fully saturated rings. The number of urea groups is 1. The number of aryl methyl sites for hydroxylation is 1. The maximum Gasteiger partial charge on any atom is 0.435 e. The number of hydrogen-bond acceptors (Lipinski definition) is 4. The Labute approximate surface area is 147 Å². The first-order chi connectivity index (χ1) is 12.3. The third-order valence-electron chi connectivity index (χ3n) is 3.85. The highest BCUT2D eigenvalue weighted by atomic mass is 19.4. The van der Waals surface area contributed by atoms with E-state index in [-0.39, 0.29) is 12.2 Å². The number of rotatable bonds is 3. The topological polar surface area (TPSA) is 70.5 Å². The number of carbonyl (C=O) groups excluding carboxylic acids is 1. The Morgan fingerprint density at radius 3 is 2.50 bits per heavy atom. The summed E-state index contributed by atoms with van der Waals surface area (Å²) in [5, 5.41) is 14.8. The van der Waals surface area contributed by atoms with Crippen molar-refractivity contribution in [1.29, 1.82) is 0 Å². The van der Waals surface area contributed by atoms with E-state index in [1.807, 2.05) is 31.2 Å². The molecule has 2 amide bonds. The van der Waals surface area contributed by atoms with Crippen LogP contribution in [-0.2, 0) is 12.7 Å². The van der Waals surface area contributed by atoms with E-state index in [0.717, 1.165) is 22.9 Å². The summed E-state index contributed by atoms with van der Waals surface area (Å²) >= 11 is 0. The third-order valence-corrected chi connectivity index (χ3v) is 3.85. The minimum atomic E-state index is -4.54. The Hall–Kier alpha value is -2.97. The molecule has 136 valence electrons. The molecule has 0 radical (unpaired) electrons. The number of carbonyl (C=O) groups is 1. The van der Waals surface area contributed by atoms with Gasteiger partial charge in [-0.3, -0.25) is 0 Å². The van der Waals surface area contributed by atoms with Crippen molar-refractivity contribution in [2.24, 2.45) is 5.10 Å². The van der Waals surface area contributed by atoms with Crippen molar-refractivity contribution < 1.29 is 18.0 Å². The van der Waals surface area contributed by atoms with E-state index in [0.29, 0.717) is 13.0 Å². The third kappa shape index (κ3) is 4.16. The molecule has 0 saturated carbocycles. The SMILES string of the molecule is Cc1ccc(C2=NN(C(=O)NCc3ccc(C(F)(F)F)nn3)CC2)cc1. The first-order valence-corrected chi connectivity index (χ1v) is 7.92. The number of amides is 2. The number of alkyl halides is 3. The van der Waals surface area contributed by atoms with E-state index in [1.54, 1.807) is 0 Å². The van der Waals surface area contributed by atoms with Crippen LogP contribution in [0.4, 0.5) is 18.0 Å². The normalized spacial score (nSPS) is 14.3. The van der Waals surface area contributed by atoms with Gasteiger partial charge in [0.25, 0.3) is 0 Å². The molecule has 0 aliphatic carbocycles. The largest absolute Gasteiger partial charge is 0.435 e. The van der Waals surface area contributed by atoms with Gasteiger partial charge in [0.05, 0.1) is 24.5 Å². The molecule has 2 aromatic rings. The summed E-state index contributed by atoms with van der Waals surface area (Å²) in [5.74, 6) is 0. The molecule has 0 unspecified atom stereocenters. The molecular weight excluding hydrogens is 347 g/mol. The smallest absolute Gasteiger partial charge is 0.331 e. The summed E-state index contributed by atoms with van der Waals surface area (Å²) in [4.78, 5) is 12.2. The lowest BCUT2D eigenvalue weighted by molar-refractivity contribution is -0.141. The summed E-state index contributed by atoms with van der Waals surface area (Å²) in [6, 6.07) is 9.43. The van der Waals surface area contributed by atoms with Crippen molar-refractivity contribution in [3.63, 3.8) is 0 Å². The Bertz CT molecular complexity index is 816. The molecule has 0 spiro atoms. The molecule has 6 nitrogen and oxygen atoms in total. The average Bonchev–Trinajstić information content (AvgIpc) is 3.10. The molecule has 3 rings (SSSR count). The lowest BCUT2D eigenvalue weighted by Gasteiger charge is -2.12. The van der Waals surface area contributed by atoms with Crippen molar-refractivity contribution in [3.8, 4) is 0 Å². The van der Waals surface area contributed by atoms with Crippen LogP contribution in [0, 0.1) is 6.92 Å². The predicted molar refractivity (Wildman–Crippen MR) is 88.3 cm³/mol. The fourth-order valence-electron chi connectivity index (χ4n) is 2.42. The van der Waals surface area contributed by atoms with Crippen LogP contribution in [0.25, 0.3) is 0 Å². The van der Waals surface area contributed by atoms with Crippen LogP contribution >= 0.6 is 0 Å². The summed E-state index contributed by atoms with van der Waals surface area (Å²) in [6.07, 6.45) is -3.90. The summed E-state index contributed by atoms with van der Waals surface area (Å²) < 4.78 is 37.3. The molecule has 0 atom stereocenters. The van der Waals surface area contributed by atoms with Crippen molar-refractivity contribution in [2.45, 2.75) is 26.1 Å². The summed E-state index contributed by atoms with van der Waals surface area (Å²) in [5.41, 5.74) is 2.07. The lowest BCUT2D eigenvalue weighted by Crippen LogP contribution is -2.35. The van der Waals surface area contributed by atoms with Crippen molar-refractivity contribution >= 4 is 11.7 Å². The number of nitrogens with one attached hydrogen (secondary N) is 1. The maximum absolute atomic E-state index is 12.4. The molecule has 1 aromatic carbocycles. The van der Waals surface area contributed by atoms with Crippen LogP contribution in [0.1, 0.15) is 28.9 Å². The van der Waals surface area contributed by atoms with Gasteiger partial charge in [0.1, 0.15) is 0 Å². The van der Waals surface area contributed by atoms with E-state index in [2.05, 4.69) is 20.6 Å². The Balaban J connectivity index is 1.58. The zero-order valence-electron chi connectivity index (χ0n) is 13.9. The molecule has 9 heteroatoms. The second-order valence-electron chi connectivity index (χ2n) is 5.85. The summed E-state index contributed by atoms with van der Waals surface area (Å²) in [6.45, 7) is 2.40. The second-order valence-corrected chi connectivity index (χ2v) is 5.85. The molecule has 0 bridgehead atoms. The van der Waals surface area contributed by atoms with Crippen LogP contribution in [0.15, 0.2) is 41.5 Å². The number of hydrogen-bond donors (Lipinski definition) is 1. The zero-order valence-corrected chi connectivity index (χ0v) is 13.9. The van der Waals surface area contributed by atoms with E-state index in [1.165, 1.54) is 11.1 Å². The molecule has 1 aliphatic heterocycles. The zero-order chi connectivity index (χ0) is 18.7. The van der Waals surface area contributed by atoms with Gasteiger partial charge in [0.15, 0.2) is 5.69 Å². The maximum atomic E-state index is 12.4. The molecule has 1 N–H and O–H groups in total. The Morgan fingerprint density at radius 2 is 1.88 bits per heavy atom. The summed E-state index contributed by atoms with van der Waals surface area (Å²) in [7, 11) is 0. The fraction of sp³-hybridized carbons (Fsp3) is 0.294. The molecule has 0 saturated heterocycles. The van der Waals surface area contributed by atoms with Crippen LogP contribution < -0.4 is 5.32 Å². The van der Waals surface area contributed by atoms with Crippen molar-refractivity contribution in [3.05, 3.63) is 58.9 Å². The standard InChI is InChI=1S/C17H16F3N5O/c1-11-2-4-12(5-3-11)14-8-9-25(24-14)16(26)21-10-13-6-7-15(23-22-13)17(18,19)20/h2-7H,8-10H2,1H3,(H,21,26). The van der Waals surface area contributed by atoms with E-state index in [4.69, 9.17) is 0 Å². The lowest BCUT2D eigenvalue weighted by atomic mass is 10.1. The average molecular weight is 363 g/mol. The molecule has 1 aromatic heterocycles. The van der Waals surface area contributed by atoms with E-state index >= 15 is 0 Å². The first kappa shape index (κ1) is 17.8. The molecule has 26 heavy (non-hydrogen) atoms. The number of benzene rings is 1. The molecule has 1 aliphatic rings. The Morgan fingerprint density at radius 1 is 1.15 bits per heavy atom. The highest BCUT2D eigenvalue weighted by Gasteiger charge is 2.32. The first-order valence-electron chi connectivity index (χ1n) is 7.92. The number of nitrogens with zero attached hydrogens (tertiary/aromatic N) is 4. The number of aromatic nitrogens is 2. The molecular formula is C17H16F3N5O. The van der Waals surface area contributed by atoms with Crippen molar-refractivity contribution in [2.75, 3.05) is 6.54 Å².